The van der Waals surface area contributed by atoms with E-state index in [1.165, 1.54) is 39.9 Å². The van der Waals surface area contributed by atoms with Crippen molar-refractivity contribution < 1.29 is 0 Å². The van der Waals surface area contributed by atoms with Crippen molar-refractivity contribution in [1.29, 1.82) is 0 Å². The summed E-state index contributed by atoms with van der Waals surface area (Å²) in [5.41, 5.74) is 1.37. The third-order valence-electron chi connectivity index (χ3n) is 3.62. The molecular formula is C13H18Br2S. The second kappa shape index (κ2) is 5.53. The van der Waals surface area contributed by atoms with Crippen LogP contribution in [0.1, 0.15) is 47.9 Å². The van der Waals surface area contributed by atoms with E-state index in [-0.39, 0.29) is 0 Å². The van der Waals surface area contributed by atoms with Gasteiger partial charge in [-0.25, -0.2) is 0 Å². The summed E-state index contributed by atoms with van der Waals surface area (Å²) in [6.07, 6.45) is 5.56. The Morgan fingerprint density at radius 3 is 2.44 bits per heavy atom. The van der Waals surface area contributed by atoms with Crippen molar-refractivity contribution in [1.82, 2.24) is 0 Å². The summed E-state index contributed by atoms with van der Waals surface area (Å²) in [4.78, 5) is 2.05. The number of aryl methyl sites for hydroxylation is 1. The number of hydrogen-bond donors (Lipinski definition) is 0. The van der Waals surface area contributed by atoms with Crippen molar-refractivity contribution >= 4 is 43.2 Å². The van der Waals surface area contributed by atoms with Crippen molar-refractivity contribution in [3.05, 3.63) is 20.3 Å². The monoisotopic (exact) mass is 364 g/mol. The SMILES string of the molecule is Cc1cc(C(Br)C2CCC(C)CC2)sc1Br. The molecule has 1 heterocycles. The van der Waals surface area contributed by atoms with Gasteiger partial charge in [0, 0.05) is 4.88 Å². The lowest BCUT2D eigenvalue weighted by atomic mass is 9.81. The Bertz CT molecular complexity index is 331. The number of alkyl halides is 1. The fraction of sp³-hybridized carbons (Fsp3) is 0.692. The predicted octanol–water partition coefficient (Wildman–Crippen LogP) is 6.08. The maximum atomic E-state index is 3.90. The molecule has 0 bridgehead atoms. The molecule has 1 atom stereocenters. The van der Waals surface area contributed by atoms with Crippen molar-refractivity contribution in [3.63, 3.8) is 0 Å². The molecule has 1 aliphatic carbocycles. The standard InChI is InChI=1S/C13H18Br2S/c1-8-3-5-10(6-4-8)12(14)11-7-9(2)13(15)16-11/h7-8,10,12H,3-6H2,1-2H3. The van der Waals surface area contributed by atoms with Gasteiger partial charge < -0.3 is 0 Å². The van der Waals surface area contributed by atoms with Crippen LogP contribution in [0.5, 0.6) is 0 Å². The first kappa shape index (κ1) is 13.1. The normalized spacial score (nSPS) is 28.0. The van der Waals surface area contributed by atoms with Crippen LogP contribution in [-0.2, 0) is 0 Å². The quantitative estimate of drug-likeness (QED) is 0.557. The van der Waals surface area contributed by atoms with Crippen LogP contribution >= 0.6 is 43.2 Å². The van der Waals surface area contributed by atoms with Gasteiger partial charge in [0.25, 0.3) is 0 Å². The minimum Gasteiger partial charge on any atom is -0.132 e. The zero-order chi connectivity index (χ0) is 11.7. The molecule has 0 radical (unpaired) electrons. The van der Waals surface area contributed by atoms with Crippen molar-refractivity contribution in [2.24, 2.45) is 11.8 Å². The molecule has 1 aromatic rings. The third kappa shape index (κ3) is 2.91. The van der Waals surface area contributed by atoms with E-state index in [2.05, 4.69) is 51.8 Å². The Morgan fingerprint density at radius 1 is 1.31 bits per heavy atom. The van der Waals surface area contributed by atoms with E-state index >= 15 is 0 Å². The Labute approximate surface area is 119 Å². The summed E-state index contributed by atoms with van der Waals surface area (Å²) >= 11 is 9.41. The molecule has 0 aliphatic heterocycles. The van der Waals surface area contributed by atoms with Gasteiger partial charge in [-0.15, -0.1) is 11.3 Å². The van der Waals surface area contributed by atoms with Gasteiger partial charge in [0.05, 0.1) is 8.61 Å². The van der Waals surface area contributed by atoms with E-state index < -0.39 is 0 Å². The Kier molecular flexibility index (Phi) is 4.53. The van der Waals surface area contributed by atoms with Crippen LogP contribution in [-0.4, -0.2) is 0 Å². The van der Waals surface area contributed by atoms with E-state index in [0.717, 1.165) is 11.8 Å². The van der Waals surface area contributed by atoms with E-state index in [1.807, 2.05) is 11.3 Å². The molecule has 0 aromatic carbocycles. The lowest BCUT2D eigenvalue weighted by molar-refractivity contribution is 0.288. The Morgan fingerprint density at radius 2 is 1.94 bits per heavy atom. The summed E-state index contributed by atoms with van der Waals surface area (Å²) in [6, 6.07) is 2.33. The average molecular weight is 366 g/mol. The summed E-state index contributed by atoms with van der Waals surface area (Å²) in [7, 11) is 0. The average Bonchev–Trinajstić information content (AvgIpc) is 2.59. The van der Waals surface area contributed by atoms with Gasteiger partial charge in [-0.3, -0.25) is 0 Å². The minimum absolute atomic E-state index is 0.565. The number of hydrogen-bond acceptors (Lipinski definition) is 1. The van der Waals surface area contributed by atoms with Gasteiger partial charge in [0.2, 0.25) is 0 Å². The molecule has 0 N–H and O–H groups in total. The lowest BCUT2D eigenvalue weighted by Crippen LogP contribution is -2.15. The largest absolute Gasteiger partial charge is 0.132 e. The second-order valence-corrected chi connectivity index (χ2v) is 8.42. The fourth-order valence-corrected chi connectivity index (χ4v) is 5.01. The number of halogens is 2. The third-order valence-corrected chi connectivity index (χ3v) is 7.39. The van der Waals surface area contributed by atoms with Crippen LogP contribution in [0.15, 0.2) is 9.85 Å². The van der Waals surface area contributed by atoms with Crippen LogP contribution in [0.2, 0.25) is 0 Å². The van der Waals surface area contributed by atoms with Crippen LogP contribution in [0.3, 0.4) is 0 Å². The van der Waals surface area contributed by atoms with Gasteiger partial charge >= 0.3 is 0 Å². The van der Waals surface area contributed by atoms with Crippen LogP contribution in [0, 0.1) is 18.8 Å². The van der Waals surface area contributed by atoms with Crippen LogP contribution in [0.4, 0.5) is 0 Å². The molecule has 1 saturated carbocycles. The smallest absolute Gasteiger partial charge is 0.0730 e. The molecule has 1 aromatic heterocycles. The van der Waals surface area contributed by atoms with Crippen LogP contribution in [0.25, 0.3) is 0 Å². The van der Waals surface area contributed by atoms with E-state index in [1.54, 1.807) is 0 Å². The number of thiophene rings is 1. The van der Waals surface area contributed by atoms with E-state index in [9.17, 15) is 0 Å². The van der Waals surface area contributed by atoms with Gasteiger partial charge in [0.15, 0.2) is 0 Å². The minimum atomic E-state index is 0.565. The van der Waals surface area contributed by atoms with Crippen molar-refractivity contribution in [2.45, 2.75) is 44.4 Å². The summed E-state index contributed by atoms with van der Waals surface area (Å²) in [6.45, 7) is 4.55. The molecule has 3 heteroatoms. The fourth-order valence-electron chi connectivity index (χ4n) is 2.43. The Balaban J connectivity index is 2.04. The highest BCUT2D eigenvalue weighted by atomic mass is 79.9. The molecule has 90 valence electrons. The highest BCUT2D eigenvalue weighted by molar-refractivity contribution is 9.11. The van der Waals surface area contributed by atoms with Gasteiger partial charge in [0.1, 0.15) is 0 Å². The first-order valence-electron chi connectivity index (χ1n) is 5.98. The molecule has 16 heavy (non-hydrogen) atoms. The molecular weight excluding hydrogens is 348 g/mol. The zero-order valence-corrected chi connectivity index (χ0v) is 13.8. The zero-order valence-electron chi connectivity index (χ0n) is 9.80. The topological polar surface area (TPSA) is 0 Å². The highest BCUT2D eigenvalue weighted by Crippen LogP contribution is 2.45. The van der Waals surface area contributed by atoms with E-state index in [4.69, 9.17) is 0 Å². The first-order chi connectivity index (χ1) is 7.58. The van der Waals surface area contributed by atoms with Gasteiger partial charge in [-0.2, -0.15) is 0 Å². The summed E-state index contributed by atoms with van der Waals surface area (Å²) in [5.74, 6) is 1.77. The first-order valence-corrected chi connectivity index (χ1v) is 8.50. The number of rotatable bonds is 2. The molecule has 0 saturated heterocycles. The maximum absolute atomic E-state index is 3.90. The van der Waals surface area contributed by atoms with E-state index in [0.29, 0.717) is 4.83 Å². The van der Waals surface area contributed by atoms with Gasteiger partial charge in [-0.05, 0) is 59.2 Å². The molecule has 0 nitrogen and oxygen atoms in total. The summed E-state index contributed by atoms with van der Waals surface area (Å²) < 4.78 is 1.29. The summed E-state index contributed by atoms with van der Waals surface area (Å²) in [5, 5.41) is 0. The molecule has 1 aliphatic rings. The highest BCUT2D eigenvalue weighted by Gasteiger charge is 2.26. The van der Waals surface area contributed by atoms with Crippen molar-refractivity contribution in [3.8, 4) is 0 Å². The van der Waals surface area contributed by atoms with Crippen LogP contribution < -0.4 is 0 Å². The molecule has 0 amide bonds. The lowest BCUT2D eigenvalue weighted by Gasteiger charge is -2.29. The molecule has 1 fully saturated rings. The maximum Gasteiger partial charge on any atom is 0.0730 e. The Hall–Kier alpha value is 0.660. The second-order valence-electron chi connectivity index (χ2n) is 5.03. The van der Waals surface area contributed by atoms with Gasteiger partial charge in [-0.1, -0.05) is 35.7 Å². The molecule has 1 unspecified atom stereocenters. The predicted molar refractivity (Wildman–Crippen MR) is 79.5 cm³/mol. The molecule has 0 spiro atoms. The van der Waals surface area contributed by atoms with Crippen molar-refractivity contribution in [2.75, 3.05) is 0 Å². The molecule has 2 rings (SSSR count).